The number of nitrogens with zero attached hydrogens (tertiary/aromatic N) is 1. The molecule has 1 N–H and O–H groups in total. The van der Waals surface area contributed by atoms with Crippen LogP contribution in [0.3, 0.4) is 0 Å². The number of anilines is 1. The molecule has 33 heavy (non-hydrogen) atoms. The van der Waals surface area contributed by atoms with Gasteiger partial charge in [0.2, 0.25) is 6.79 Å². The third kappa shape index (κ3) is 4.30. The maximum Gasteiger partial charge on any atom is 0.357 e. The van der Waals surface area contributed by atoms with Gasteiger partial charge in [-0.2, -0.15) is 0 Å². The van der Waals surface area contributed by atoms with Crippen LogP contribution in [0.1, 0.15) is 27.8 Å². The summed E-state index contributed by atoms with van der Waals surface area (Å²) < 4.78 is 28.3. The van der Waals surface area contributed by atoms with Gasteiger partial charge >= 0.3 is 5.97 Å². The summed E-state index contributed by atoms with van der Waals surface area (Å²) in [6, 6.07) is 10.3. The molecule has 0 bridgehead atoms. The van der Waals surface area contributed by atoms with E-state index in [1.807, 2.05) is 6.07 Å². The highest BCUT2D eigenvalue weighted by molar-refractivity contribution is 6.11. The van der Waals surface area contributed by atoms with Gasteiger partial charge in [-0.15, -0.1) is 0 Å². The SMILES string of the molecule is CCOC(=O)c1c(NC(=O)c2cc(OC)cc(OC)c2)c(-c2ccc3c(c2)OCO3)cn1C. The van der Waals surface area contributed by atoms with Crippen LogP contribution in [0, 0.1) is 0 Å². The first-order chi connectivity index (χ1) is 15.9. The third-order valence-electron chi connectivity index (χ3n) is 5.19. The van der Waals surface area contributed by atoms with E-state index in [1.165, 1.54) is 14.2 Å². The van der Waals surface area contributed by atoms with Gasteiger partial charge in [-0.3, -0.25) is 4.79 Å². The zero-order valence-electron chi connectivity index (χ0n) is 18.8. The van der Waals surface area contributed by atoms with Crippen LogP contribution >= 0.6 is 0 Å². The maximum atomic E-state index is 13.2. The lowest BCUT2D eigenvalue weighted by molar-refractivity contribution is 0.0516. The van der Waals surface area contributed by atoms with E-state index in [4.69, 9.17) is 23.7 Å². The van der Waals surface area contributed by atoms with Gasteiger partial charge in [0.05, 0.1) is 26.5 Å². The highest BCUT2D eigenvalue weighted by Gasteiger charge is 2.26. The lowest BCUT2D eigenvalue weighted by Gasteiger charge is -2.12. The fourth-order valence-electron chi connectivity index (χ4n) is 3.61. The Labute approximate surface area is 190 Å². The summed E-state index contributed by atoms with van der Waals surface area (Å²) in [4.78, 5) is 26.0. The highest BCUT2D eigenvalue weighted by Crippen LogP contribution is 2.40. The number of rotatable bonds is 7. The normalized spacial score (nSPS) is 11.8. The number of ether oxygens (including phenoxy) is 5. The van der Waals surface area contributed by atoms with Gasteiger partial charge in [0.1, 0.15) is 11.5 Å². The number of aryl methyl sites for hydroxylation is 1. The van der Waals surface area contributed by atoms with Crippen molar-refractivity contribution in [3.05, 3.63) is 53.9 Å². The fourth-order valence-corrected chi connectivity index (χ4v) is 3.61. The summed E-state index contributed by atoms with van der Waals surface area (Å²) >= 11 is 0. The number of hydrogen-bond acceptors (Lipinski definition) is 7. The Balaban J connectivity index is 1.79. The van der Waals surface area contributed by atoms with E-state index in [0.29, 0.717) is 39.8 Å². The van der Waals surface area contributed by atoms with Gasteiger partial charge in [0.15, 0.2) is 17.2 Å². The Morgan fingerprint density at radius 2 is 1.73 bits per heavy atom. The Morgan fingerprint density at radius 3 is 2.39 bits per heavy atom. The number of benzene rings is 2. The molecule has 172 valence electrons. The van der Waals surface area contributed by atoms with Gasteiger partial charge in [-0.05, 0) is 36.8 Å². The van der Waals surface area contributed by atoms with E-state index in [1.54, 1.807) is 55.1 Å². The van der Waals surface area contributed by atoms with Crippen LogP contribution in [0.15, 0.2) is 42.6 Å². The Morgan fingerprint density at radius 1 is 1.03 bits per heavy atom. The average molecular weight is 452 g/mol. The fraction of sp³-hybridized carbons (Fsp3) is 0.250. The number of nitrogens with one attached hydrogen (secondary N) is 1. The molecule has 0 aliphatic carbocycles. The minimum atomic E-state index is -0.550. The molecule has 1 amide bonds. The van der Waals surface area contributed by atoms with Gasteiger partial charge in [0, 0.05) is 30.4 Å². The number of aromatic nitrogens is 1. The monoisotopic (exact) mass is 452 g/mol. The molecule has 9 heteroatoms. The first-order valence-corrected chi connectivity index (χ1v) is 10.3. The van der Waals surface area contributed by atoms with Crippen molar-refractivity contribution in [2.45, 2.75) is 6.92 Å². The first kappa shape index (κ1) is 22.1. The van der Waals surface area contributed by atoms with Crippen molar-refractivity contribution in [3.63, 3.8) is 0 Å². The molecule has 1 aromatic heterocycles. The topological polar surface area (TPSA) is 97.2 Å². The minimum absolute atomic E-state index is 0.142. The van der Waals surface area contributed by atoms with E-state index in [2.05, 4.69) is 5.32 Å². The first-order valence-electron chi connectivity index (χ1n) is 10.3. The Hall–Kier alpha value is -4.14. The van der Waals surface area contributed by atoms with E-state index >= 15 is 0 Å². The van der Waals surface area contributed by atoms with Crippen molar-refractivity contribution in [1.82, 2.24) is 4.57 Å². The van der Waals surface area contributed by atoms with Crippen molar-refractivity contribution < 1.29 is 33.3 Å². The van der Waals surface area contributed by atoms with Crippen LogP contribution in [0.4, 0.5) is 5.69 Å². The summed E-state index contributed by atoms with van der Waals surface area (Å²) in [6.07, 6.45) is 1.76. The van der Waals surface area contributed by atoms with Gasteiger partial charge in [-0.1, -0.05) is 6.07 Å². The number of esters is 1. The second-order valence-electron chi connectivity index (χ2n) is 7.22. The van der Waals surface area contributed by atoms with Crippen molar-refractivity contribution in [3.8, 4) is 34.1 Å². The molecule has 1 aliphatic heterocycles. The predicted molar refractivity (Wildman–Crippen MR) is 120 cm³/mol. The number of fused-ring (bicyclic) bond motifs is 1. The molecule has 0 saturated heterocycles. The molecule has 9 nitrogen and oxygen atoms in total. The number of amides is 1. The standard InChI is InChI=1S/C24H24N2O7/c1-5-31-24(28)22-21(25-23(27)15-8-16(29-3)11-17(9-15)30-4)18(12-26(22)2)14-6-7-19-20(10-14)33-13-32-19/h6-12H,5,13H2,1-4H3,(H,25,27). The van der Waals surface area contributed by atoms with Crippen molar-refractivity contribution >= 4 is 17.6 Å². The highest BCUT2D eigenvalue weighted by atomic mass is 16.7. The van der Waals surface area contributed by atoms with E-state index in [0.717, 1.165) is 5.56 Å². The van der Waals surface area contributed by atoms with Crippen LogP contribution in [-0.4, -0.2) is 44.1 Å². The second-order valence-corrected chi connectivity index (χ2v) is 7.22. The molecule has 2 aromatic carbocycles. The van der Waals surface area contributed by atoms with Gasteiger partial charge < -0.3 is 33.6 Å². The van der Waals surface area contributed by atoms with Crippen LogP contribution in [-0.2, 0) is 11.8 Å². The smallest absolute Gasteiger partial charge is 0.357 e. The summed E-state index contributed by atoms with van der Waals surface area (Å²) in [5.41, 5.74) is 2.21. The van der Waals surface area contributed by atoms with Crippen molar-refractivity contribution in [1.29, 1.82) is 0 Å². The zero-order chi connectivity index (χ0) is 23.5. The van der Waals surface area contributed by atoms with Crippen LogP contribution in [0.25, 0.3) is 11.1 Å². The largest absolute Gasteiger partial charge is 0.497 e. The molecule has 3 aromatic rings. The zero-order valence-corrected chi connectivity index (χ0v) is 18.8. The molecule has 0 unspecified atom stereocenters. The van der Waals surface area contributed by atoms with Crippen molar-refractivity contribution in [2.75, 3.05) is 32.9 Å². The number of carbonyl (C=O) groups is 2. The Kier molecular flexibility index (Phi) is 6.12. The maximum absolute atomic E-state index is 13.2. The number of hydrogen-bond donors (Lipinski definition) is 1. The molecule has 2 heterocycles. The number of methoxy groups -OCH3 is 2. The Bertz CT molecular complexity index is 1190. The molecular weight excluding hydrogens is 428 g/mol. The molecular formula is C24H24N2O7. The molecule has 1 aliphatic rings. The van der Waals surface area contributed by atoms with E-state index < -0.39 is 11.9 Å². The van der Waals surface area contributed by atoms with Crippen LogP contribution in [0.2, 0.25) is 0 Å². The van der Waals surface area contributed by atoms with Crippen LogP contribution in [0.5, 0.6) is 23.0 Å². The summed E-state index contributed by atoms with van der Waals surface area (Å²) in [5, 5.41) is 2.88. The lowest BCUT2D eigenvalue weighted by atomic mass is 10.1. The average Bonchev–Trinajstić information content (AvgIpc) is 3.42. The molecule has 0 atom stereocenters. The number of carbonyl (C=O) groups excluding carboxylic acids is 2. The van der Waals surface area contributed by atoms with Crippen LogP contribution < -0.4 is 24.3 Å². The molecule has 0 radical (unpaired) electrons. The molecule has 0 saturated carbocycles. The second kappa shape index (κ2) is 9.15. The minimum Gasteiger partial charge on any atom is -0.497 e. The molecule has 4 rings (SSSR count). The molecule has 0 spiro atoms. The van der Waals surface area contributed by atoms with E-state index in [-0.39, 0.29) is 19.1 Å². The summed E-state index contributed by atoms with van der Waals surface area (Å²) in [5.74, 6) is 1.16. The third-order valence-corrected chi connectivity index (χ3v) is 5.19. The molecule has 0 fully saturated rings. The quantitative estimate of drug-likeness (QED) is 0.544. The van der Waals surface area contributed by atoms with Gasteiger partial charge in [-0.25, -0.2) is 4.79 Å². The summed E-state index contributed by atoms with van der Waals surface area (Å²) in [7, 11) is 4.72. The van der Waals surface area contributed by atoms with E-state index in [9.17, 15) is 9.59 Å². The lowest BCUT2D eigenvalue weighted by Crippen LogP contribution is -2.17. The summed E-state index contributed by atoms with van der Waals surface area (Å²) in [6.45, 7) is 2.06. The van der Waals surface area contributed by atoms with Crippen molar-refractivity contribution in [2.24, 2.45) is 7.05 Å². The van der Waals surface area contributed by atoms with Gasteiger partial charge in [0.25, 0.3) is 5.91 Å². The predicted octanol–water partition coefficient (Wildman–Crippen LogP) is 3.87.